The Morgan fingerprint density at radius 1 is 1.09 bits per heavy atom. The summed E-state index contributed by atoms with van der Waals surface area (Å²) in [7, 11) is 1.96. The highest BCUT2D eigenvalue weighted by atomic mass is 16.6. The van der Waals surface area contributed by atoms with E-state index in [1.54, 1.807) is 20.8 Å². The number of hydrogen-bond acceptors (Lipinski definition) is 4. The van der Waals surface area contributed by atoms with Crippen LogP contribution in [0.3, 0.4) is 0 Å². The van der Waals surface area contributed by atoms with E-state index in [0.29, 0.717) is 12.2 Å². The van der Waals surface area contributed by atoms with Crippen LogP contribution in [0.1, 0.15) is 45.1 Å². The van der Waals surface area contributed by atoms with Crippen molar-refractivity contribution >= 4 is 33.9 Å². The molecular weight excluding hydrogens is 430 g/mol. The van der Waals surface area contributed by atoms with Crippen LogP contribution in [0.4, 0.5) is 4.79 Å². The molecule has 4 rings (SSSR count). The number of nitrogens with zero attached hydrogens (tertiary/aromatic N) is 2. The lowest BCUT2D eigenvalue weighted by molar-refractivity contribution is -0.123. The van der Waals surface area contributed by atoms with E-state index in [4.69, 9.17) is 4.74 Å². The Morgan fingerprint density at radius 3 is 2.53 bits per heavy atom. The Bertz CT molecular complexity index is 1300. The third kappa shape index (κ3) is 5.22. The molecule has 178 valence electrons. The van der Waals surface area contributed by atoms with Gasteiger partial charge in [-0.3, -0.25) is 4.79 Å². The van der Waals surface area contributed by atoms with Crippen LogP contribution in [0.25, 0.3) is 21.9 Å². The van der Waals surface area contributed by atoms with Crippen LogP contribution in [0.15, 0.2) is 54.7 Å². The van der Waals surface area contributed by atoms with E-state index in [-0.39, 0.29) is 11.9 Å². The summed E-state index contributed by atoms with van der Waals surface area (Å²) in [5, 5.41) is 6.80. The summed E-state index contributed by atoms with van der Waals surface area (Å²) in [5.74, 6) is 0.336. The number of aryl methyl sites for hydroxylation is 1. The predicted octanol–water partition coefficient (Wildman–Crippen LogP) is 4.37. The predicted molar refractivity (Wildman–Crippen MR) is 132 cm³/mol. The Labute approximate surface area is 198 Å². The Kier molecular flexibility index (Phi) is 6.32. The van der Waals surface area contributed by atoms with Gasteiger partial charge in [0.2, 0.25) is 5.91 Å². The van der Waals surface area contributed by atoms with E-state index in [2.05, 4.69) is 20.6 Å². The van der Waals surface area contributed by atoms with Gasteiger partial charge in [-0.15, -0.1) is 0 Å². The molecule has 0 bridgehead atoms. The smallest absolute Gasteiger partial charge is 0.408 e. The molecule has 0 saturated heterocycles. The van der Waals surface area contributed by atoms with Gasteiger partial charge in [-0.25, -0.2) is 9.78 Å². The summed E-state index contributed by atoms with van der Waals surface area (Å²) in [5.41, 5.74) is 3.08. The van der Waals surface area contributed by atoms with Gasteiger partial charge in [-0.05, 0) is 51.5 Å². The number of aromatic amines is 1. The highest BCUT2D eigenvalue weighted by Crippen LogP contribution is 2.22. The summed E-state index contributed by atoms with van der Waals surface area (Å²) in [4.78, 5) is 33.8. The van der Waals surface area contributed by atoms with Gasteiger partial charge >= 0.3 is 6.09 Å². The second kappa shape index (κ2) is 9.21. The molecule has 0 unspecified atom stereocenters. The molecule has 2 aromatic carbocycles. The molecular formula is C26H31N5O3. The molecule has 0 aliphatic carbocycles. The average Bonchev–Trinajstić information content (AvgIpc) is 3.34. The number of aromatic nitrogens is 3. The van der Waals surface area contributed by atoms with Gasteiger partial charge < -0.3 is 24.9 Å². The van der Waals surface area contributed by atoms with Crippen LogP contribution in [-0.4, -0.2) is 38.2 Å². The highest BCUT2D eigenvalue weighted by molar-refractivity contribution is 5.89. The van der Waals surface area contributed by atoms with Crippen molar-refractivity contribution in [3.05, 3.63) is 66.1 Å². The second-order valence-corrected chi connectivity index (χ2v) is 9.55. The van der Waals surface area contributed by atoms with Crippen molar-refractivity contribution in [2.75, 3.05) is 0 Å². The largest absolute Gasteiger partial charge is 0.444 e. The number of hydrogen-bond donors (Lipinski definition) is 3. The van der Waals surface area contributed by atoms with Crippen molar-refractivity contribution < 1.29 is 14.3 Å². The summed E-state index contributed by atoms with van der Waals surface area (Å²) < 4.78 is 7.44. The van der Waals surface area contributed by atoms with E-state index < -0.39 is 17.7 Å². The second-order valence-electron chi connectivity index (χ2n) is 9.55. The molecule has 0 spiro atoms. The van der Waals surface area contributed by atoms with E-state index in [0.717, 1.165) is 27.5 Å². The standard InChI is InChI=1S/C26H31N5O3/c1-16(23-28-19-11-7-8-12-20(19)29-23)27-24(32)21(30-25(33)34-26(2,3)4)14-17-15-31(5)22-13-9-6-10-18(17)22/h6-13,15-16,21H,14H2,1-5H3,(H,27,32)(H,28,29)(H,30,33)/t16-,21-/m0/s1. The number of amides is 2. The zero-order chi connectivity index (χ0) is 24.5. The molecule has 2 amide bonds. The van der Waals surface area contributed by atoms with Crippen LogP contribution >= 0.6 is 0 Å². The fourth-order valence-electron chi connectivity index (χ4n) is 4.03. The number of fused-ring (bicyclic) bond motifs is 2. The van der Waals surface area contributed by atoms with Crippen LogP contribution in [-0.2, 0) is 23.0 Å². The Morgan fingerprint density at radius 2 is 1.79 bits per heavy atom. The van der Waals surface area contributed by atoms with E-state index in [1.165, 1.54) is 0 Å². The highest BCUT2D eigenvalue weighted by Gasteiger charge is 2.27. The molecule has 0 aliphatic rings. The van der Waals surface area contributed by atoms with Gasteiger partial charge in [0, 0.05) is 30.6 Å². The molecule has 0 aliphatic heterocycles. The van der Waals surface area contributed by atoms with E-state index >= 15 is 0 Å². The number of para-hydroxylation sites is 3. The maximum absolute atomic E-state index is 13.4. The maximum atomic E-state index is 13.4. The number of ether oxygens (including phenoxy) is 1. The number of alkyl carbamates (subject to hydrolysis) is 1. The first-order valence-electron chi connectivity index (χ1n) is 11.4. The molecule has 0 saturated carbocycles. The number of nitrogens with one attached hydrogen (secondary N) is 3. The van der Waals surface area contributed by atoms with Crippen molar-refractivity contribution in [1.82, 2.24) is 25.2 Å². The molecule has 4 aromatic rings. The number of carbonyl (C=O) groups excluding carboxylic acids is 2. The van der Waals surface area contributed by atoms with Crippen LogP contribution in [0, 0.1) is 0 Å². The van der Waals surface area contributed by atoms with Crippen molar-refractivity contribution in [1.29, 1.82) is 0 Å². The minimum atomic E-state index is -0.826. The lowest BCUT2D eigenvalue weighted by atomic mass is 10.0. The van der Waals surface area contributed by atoms with Gasteiger partial charge in [0.25, 0.3) is 0 Å². The Balaban J connectivity index is 1.57. The summed E-state index contributed by atoms with van der Waals surface area (Å²) in [6.07, 6.45) is 1.67. The maximum Gasteiger partial charge on any atom is 0.408 e. The van der Waals surface area contributed by atoms with Crippen molar-refractivity contribution in [3.8, 4) is 0 Å². The number of carbonyl (C=O) groups is 2. The first-order valence-corrected chi connectivity index (χ1v) is 11.4. The summed E-state index contributed by atoms with van der Waals surface area (Å²) >= 11 is 0. The Hall–Kier alpha value is -3.81. The fourth-order valence-corrected chi connectivity index (χ4v) is 4.03. The van der Waals surface area contributed by atoms with E-state index in [9.17, 15) is 9.59 Å². The minimum Gasteiger partial charge on any atom is -0.444 e. The minimum absolute atomic E-state index is 0.313. The molecule has 8 heteroatoms. The molecule has 2 aromatic heterocycles. The first kappa shape index (κ1) is 23.4. The summed E-state index contributed by atoms with van der Waals surface area (Å²) in [6, 6.07) is 14.5. The van der Waals surface area contributed by atoms with Crippen molar-refractivity contribution in [3.63, 3.8) is 0 Å². The molecule has 3 N–H and O–H groups in total. The van der Waals surface area contributed by atoms with Crippen LogP contribution in [0.5, 0.6) is 0 Å². The van der Waals surface area contributed by atoms with Crippen molar-refractivity contribution in [2.45, 2.75) is 51.8 Å². The topological polar surface area (TPSA) is 101 Å². The number of H-pyrrole nitrogens is 1. The van der Waals surface area contributed by atoms with Crippen LogP contribution < -0.4 is 10.6 Å². The molecule has 2 heterocycles. The zero-order valence-electron chi connectivity index (χ0n) is 20.2. The molecule has 0 radical (unpaired) electrons. The SMILES string of the molecule is C[C@H](NC(=O)[C@H](Cc1cn(C)c2ccccc12)NC(=O)OC(C)(C)C)c1nc2ccccc2[nH]1. The zero-order valence-corrected chi connectivity index (χ0v) is 20.2. The van der Waals surface area contributed by atoms with Gasteiger partial charge in [0.1, 0.15) is 17.5 Å². The van der Waals surface area contributed by atoms with Gasteiger partial charge in [-0.2, -0.15) is 0 Å². The molecule has 2 atom stereocenters. The van der Waals surface area contributed by atoms with Gasteiger partial charge in [-0.1, -0.05) is 30.3 Å². The normalized spacial score (nSPS) is 13.6. The summed E-state index contributed by atoms with van der Waals surface area (Å²) in [6.45, 7) is 7.22. The number of benzene rings is 2. The number of imidazole rings is 1. The fraction of sp³-hybridized carbons (Fsp3) is 0.346. The number of rotatable bonds is 6. The lowest BCUT2D eigenvalue weighted by Gasteiger charge is -2.24. The first-order chi connectivity index (χ1) is 16.1. The van der Waals surface area contributed by atoms with Gasteiger partial charge in [0.15, 0.2) is 0 Å². The van der Waals surface area contributed by atoms with Crippen molar-refractivity contribution in [2.24, 2.45) is 7.05 Å². The third-order valence-corrected chi connectivity index (χ3v) is 5.59. The average molecular weight is 462 g/mol. The quantitative estimate of drug-likeness (QED) is 0.397. The lowest BCUT2D eigenvalue weighted by Crippen LogP contribution is -2.49. The molecule has 8 nitrogen and oxygen atoms in total. The molecule has 34 heavy (non-hydrogen) atoms. The monoisotopic (exact) mass is 461 g/mol. The van der Waals surface area contributed by atoms with E-state index in [1.807, 2.05) is 73.3 Å². The molecule has 0 fully saturated rings. The van der Waals surface area contributed by atoms with Gasteiger partial charge in [0.05, 0.1) is 17.1 Å². The third-order valence-electron chi connectivity index (χ3n) is 5.59. The van der Waals surface area contributed by atoms with Crippen LogP contribution in [0.2, 0.25) is 0 Å².